The molecule has 0 rings (SSSR count). The molecule has 4 nitrogen and oxygen atoms in total. The maximum Gasteiger partial charge on any atom is 0.355 e. The minimum Gasteiger partial charge on any atom is -0.247 e. The molecule has 0 bridgehead atoms. The number of hydrogen-bond acceptors (Lipinski definition) is 4. The fourth-order valence-corrected chi connectivity index (χ4v) is 2.44. The molecule has 0 spiro atoms. The van der Waals surface area contributed by atoms with Crippen LogP contribution in [0.2, 0.25) is 0 Å². The Bertz CT molecular complexity index is 325. The first-order chi connectivity index (χ1) is 11.1. The maximum atomic E-state index is 11.6. The van der Waals surface area contributed by atoms with Crippen molar-refractivity contribution in [2.45, 2.75) is 90.9 Å². The topological polar surface area (TPSA) is 52.6 Å². The van der Waals surface area contributed by atoms with Gasteiger partial charge in [-0.25, -0.2) is 19.4 Å². The number of carbonyl (C=O) groups is 2. The van der Waals surface area contributed by atoms with Crippen LogP contribution >= 0.6 is 0 Å². The van der Waals surface area contributed by atoms with Gasteiger partial charge in [-0.2, -0.15) is 0 Å². The molecular weight excluding hydrogens is 292 g/mol. The molecule has 0 saturated heterocycles. The minimum atomic E-state index is -0.453. The van der Waals surface area contributed by atoms with Crippen molar-refractivity contribution in [3.63, 3.8) is 0 Å². The molecule has 0 aromatic rings. The van der Waals surface area contributed by atoms with Crippen LogP contribution in [-0.2, 0) is 19.4 Å². The number of allylic oxidation sites excluding steroid dienone is 1. The van der Waals surface area contributed by atoms with Crippen molar-refractivity contribution in [2.24, 2.45) is 5.92 Å². The van der Waals surface area contributed by atoms with Crippen molar-refractivity contribution in [2.75, 3.05) is 0 Å². The molecule has 0 aliphatic heterocycles. The highest BCUT2D eigenvalue weighted by molar-refractivity contribution is 5.72. The standard InChI is InChI=1S/C19H34O4/c1-4-7-9-10-11-12-13-15-18(20)22-23-19(21)16-17(6-3)14-8-5-2/h4,17H,1,5-16H2,2-3H3. The van der Waals surface area contributed by atoms with E-state index in [0.717, 1.165) is 64.2 Å². The molecule has 134 valence electrons. The smallest absolute Gasteiger partial charge is 0.247 e. The van der Waals surface area contributed by atoms with Crippen LogP contribution in [-0.4, -0.2) is 11.9 Å². The van der Waals surface area contributed by atoms with Gasteiger partial charge in [0.05, 0.1) is 12.8 Å². The third-order valence-electron chi connectivity index (χ3n) is 4.02. The lowest BCUT2D eigenvalue weighted by Crippen LogP contribution is -2.14. The number of unbranched alkanes of at least 4 members (excludes halogenated alkanes) is 6. The Morgan fingerprint density at radius 2 is 1.61 bits per heavy atom. The Morgan fingerprint density at radius 1 is 0.957 bits per heavy atom. The van der Waals surface area contributed by atoms with Gasteiger partial charge in [-0.15, -0.1) is 6.58 Å². The number of hydrogen-bond donors (Lipinski definition) is 0. The average Bonchev–Trinajstić information content (AvgIpc) is 2.55. The first-order valence-corrected chi connectivity index (χ1v) is 9.15. The fourth-order valence-electron chi connectivity index (χ4n) is 2.44. The fraction of sp³-hybridized carbons (Fsp3) is 0.789. The number of carbonyl (C=O) groups excluding carboxylic acids is 2. The quantitative estimate of drug-likeness (QED) is 0.183. The largest absolute Gasteiger partial charge is 0.355 e. The third-order valence-corrected chi connectivity index (χ3v) is 4.02. The predicted octanol–water partition coefficient (Wildman–Crippen LogP) is 5.51. The highest BCUT2D eigenvalue weighted by Crippen LogP contribution is 2.17. The van der Waals surface area contributed by atoms with E-state index in [1.807, 2.05) is 6.08 Å². The van der Waals surface area contributed by atoms with Gasteiger partial charge in [-0.1, -0.05) is 58.4 Å². The molecule has 0 fully saturated rings. The summed E-state index contributed by atoms with van der Waals surface area (Å²) in [5.41, 5.74) is 0. The van der Waals surface area contributed by atoms with Gasteiger partial charge in [0.2, 0.25) is 0 Å². The molecule has 4 heteroatoms. The van der Waals surface area contributed by atoms with Crippen molar-refractivity contribution in [3.05, 3.63) is 12.7 Å². The Balaban J connectivity index is 3.63. The lowest BCUT2D eigenvalue weighted by molar-refractivity contribution is -0.259. The Morgan fingerprint density at radius 3 is 2.26 bits per heavy atom. The van der Waals surface area contributed by atoms with Crippen molar-refractivity contribution in [3.8, 4) is 0 Å². The molecule has 0 heterocycles. The van der Waals surface area contributed by atoms with Gasteiger partial charge in [-0.3, -0.25) is 0 Å². The van der Waals surface area contributed by atoms with Crippen LogP contribution in [0.25, 0.3) is 0 Å². The van der Waals surface area contributed by atoms with Gasteiger partial charge in [0.1, 0.15) is 0 Å². The Labute approximate surface area is 141 Å². The summed E-state index contributed by atoms with van der Waals surface area (Å²) in [5.74, 6) is -0.575. The van der Waals surface area contributed by atoms with E-state index in [1.54, 1.807) is 0 Å². The van der Waals surface area contributed by atoms with E-state index >= 15 is 0 Å². The summed E-state index contributed by atoms with van der Waals surface area (Å²) in [6.07, 6.45) is 13.0. The van der Waals surface area contributed by atoms with Crippen LogP contribution in [0.5, 0.6) is 0 Å². The summed E-state index contributed by atoms with van der Waals surface area (Å²) >= 11 is 0. The zero-order valence-electron chi connectivity index (χ0n) is 15.0. The summed E-state index contributed by atoms with van der Waals surface area (Å²) in [5, 5.41) is 0. The van der Waals surface area contributed by atoms with Gasteiger partial charge >= 0.3 is 11.9 Å². The van der Waals surface area contributed by atoms with Crippen molar-refractivity contribution in [1.82, 2.24) is 0 Å². The molecule has 1 atom stereocenters. The van der Waals surface area contributed by atoms with Gasteiger partial charge in [-0.05, 0) is 31.6 Å². The first-order valence-electron chi connectivity index (χ1n) is 9.15. The molecule has 1 unspecified atom stereocenters. The van der Waals surface area contributed by atoms with Crippen molar-refractivity contribution < 1.29 is 19.4 Å². The zero-order chi connectivity index (χ0) is 17.3. The van der Waals surface area contributed by atoms with E-state index in [0.29, 0.717) is 18.8 Å². The molecule has 0 aliphatic rings. The van der Waals surface area contributed by atoms with Crippen LogP contribution in [0.4, 0.5) is 0 Å². The first kappa shape index (κ1) is 21.7. The molecule has 0 aromatic carbocycles. The van der Waals surface area contributed by atoms with Crippen molar-refractivity contribution in [1.29, 1.82) is 0 Å². The Kier molecular flexibility index (Phi) is 14.7. The van der Waals surface area contributed by atoms with Gasteiger partial charge in [0.15, 0.2) is 0 Å². The molecule has 0 radical (unpaired) electrons. The second kappa shape index (κ2) is 15.6. The molecule has 0 N–H and O–H groups in total. The summed E-state index contributed by atoms with van der Waals surface area (Å²) < 4.78 is 0. The van der Waals surface area contributed by atoms with Gasteiger partial charge in [0.25, 0.3) is 0 Å². The normalized spacial score (nSPS) is 11.7. The average molecular weight is 326 g/mol. The van der Waals surface area contributed by atoms with E-state index in [4.69, 9.17) is 0 Å². The van der Waals surface area contributed by atoms with E-state index < -0.39 is 11.9 Å². The van der Waals surface area contributed by atoms with E-state index in [9.17, 15) is 9.59 Å². The summed E-state index contributed by atoms with van der Waals surface area (Å²) in [6.45, 7) is 7.88. The highest BCUT2D eigenvalue weighted by atomic mass is 17.2. The van der Waals surface area contributed by atoms with E-state index in [-0.39, 0.29) is 0 Å². The van der Waals surface area contributed by atoms with Gasteiger partial charge in [0, 0.05) is 0 Å². The van der Waals surface area contributed by atoms with Crippen LogP contribution in [0.1, 0.15) is 90.9 Å². The van der Waals surface area contributed by atoms with Crippen LogP contribution < -0.4 is 0 Å². The molecule has 0 amide bonds. The second-order valence-electron chi connectivity index (χ2n) is 6.13. The molecule has 23 heavy (non-hydrogen) atoms. The molecule has 0 saturated carbocycles. The maximum absolute atomic E-state index is 11.6. The number of rotatable bonds is 14. The SMILES string of the molecule is C=CCCCCCCCC(=O)OOC(=O)CC(CC)CCCC. The summed E-state index contributed by atoms with van der Waals surface area (Å²) in [4.78, 5) is 32.4. The zero-order valence-corrected chi connectivity index (χ0v) is 15.0. The third kappa shape index (κ3) is 14.0. The lowest BCUT2D eigenvalue weighted by atomic mass is 9.96. The summed E-state index contributed by atoms with van der Waals surface area (Å²) in [6, 6.07) is 0. The Hall–Kier alpha value is -1.32. The monoisotopic (exact) mass is 326 g/mol. The molecule has 0 aromatic heterocycles. The van der Waals surface area contributed by atoms with Crippen LogP contribution in [0.15, 0.2) is 12.7 Å². The predicted molar refractivity (Wildman–Crippen MR) is 92.6 cm³/mol. The van der Waals surface area contributed by atoms with Crippen LogP contribution in [0, 0.1) is 5.92 Å². The minimum absolute atomic E-state index is 0.307. The van der Waals surface area contributed by atoms with Gasteiger partial charge < -0.3 is 0 Å². The molecule has 0 aliphatic carbocycles. The van der Waals surface area contributed by atoms with E-state index in [2.05, 4.69) is 30.2 Å². The van der Waals surface area contributed by atoms with E-state index in [1.165, 1.54) is 0 Å². The molecular formula is C19H34O4. The highest BCUT2D eigenvalue weighted by Gasteiger charge is 2.15. The van der Waals surface area contributed by atoms with Crippen molar-refractivity contribution >= 4 is 11.9 Å². The summed E-state index contributed by atoms with van der Waals surface area (Å²) in [7, 11) is 0. The second-order valence-corrected chi connectivity index (χ2v) is 6.13. The lowest BCUT2D eigenvalue weighted by Gasteiger charge is -2.12. The van der Waals surface area contributed by atoms with Crippen LogP contribution in [0.3, 0.4) is 0 Å².